The van der Waals surface area contributed by atoms with Gasteiger partial charge >= 0.3 is 0 Å². The molecule has 0 aromatic heterocycles. The molecule has 0 bridgehead atoms. The highest BCUT2D eigenvalue weighted by atomic mass is 14.8. The highest BCUT2D eigenvalue weighted by molar-refractivity contribution is 4.99. The van der Waals surface area contributed by atoms with Gasteiger partial charge in [-0.1, -0.05) is 40.0 Å². The van der Waals surface area contributed by atoms with E-state index in [0.717, 1.165) is 23.7 Å². The maximum atomic E-state index is 6.78. The smallest absolute Gasteiger partial charge is 0.0208 e. The van der Waals surface area contributed by atoms with Crippen LogP contribution in [0.25, 0.3) is 0 Å². The second-order valence-electron chi connectivity index (χ2n) is 6.72. The zero-order valence-electron chi connectivity index (χ0n) is 11.3. The Kier molecular flexibility index (Phi) is 3.63. The lowest BCUT2D eigenvalue weighted by Crippen LogP contribution is -2.55. The molecule has 0 spiro atoms. The summed E-state index contributed by atoms with van der Waals surface area (Å²) in [6.07, 6.45) is 9.56. The van der Waals surface area contributed by atoms with Crippen LogP contribution in [0.5, 0.6) is 0 Å². The maximum Gasteiger partial charge on any atom is 0.0208 e. The molecule has 2 aliphatic carbocycles. The van der Waals surface area contributed by atoms with Crippen molar-refractivity contribution in [3.63, 3.8) is 0 Å². The second-order valence-corrected chi connectivity index (χ2v) is 6.72. The Hall–Kier alpha value is -0.0400. The molecule has 0 amide bonds. The fourth-order valence-corrected chi connectivity index (χ4v) is 4.04. The first-order valence-corrected chi connectivity index (χ1v) is 7.33. The van der Waals surface area contributed by atoms with E-state index in [2.05, 4.69) is 20.8 Å². The van der Waals surface area contributed by atoms with Gasteiger partial charge in [-0.3, -0.25) is 0 Å². The van der Waals surface area contributed by atoms with E-state index in [1.54, 1.807) is 0 Å². The normalized spacial score (nSPS) is 50.2. The van der Waals surface area contributed by atoms with Gasteiger partial charge in [0, 0.05) is 5.54 Å². The fraction of sp³-hybridized carbons (Fsp3) is 1.00. The molecule has 0 radical (unpaired) electrons. The SMILES string of the molecule is CC1CCC(C2(N)CCCCC2C)CC1C. The molecule has 0 heterocycles. The lowest BCUT2D eigenvalue weighted by Gasteiger charge is -2.49. The zero-order chi connectivity index (χ0) is 11.8. The number of nitrogens with two attached hydrogens (primary N) is 1. The van der Waals surface area contributed by atoms with Crippen LogP contribution >= 0.6 is 0 Å². The van der Waals surface area contributed by atoms with Gasteiger partial charge in [-0.25, -0.2) is 0 Å². The van der Waals surface area contributed by atoms with Crippen LogP contribution in [0.3, 0.4) is 0 Å². The Morgan fingerprint density at radius 3 is 2.31 bits per heavy atom. The fourth-order valence-electron chi connectivity index (χ4n) is 4.04. The Morgan fingerprint density at radius 2 is 1.69 bits per heavy atom. The maximum absolute atomic E-state index is 6.78. The van der Waals surface area contributed by atoms with Gasteiger partial charge < -0.3 is 5.73 Å². The van der Waals surface area contributed by atoms with Gasteiger partial charge in [0.2, 0.25) is 0 Å². The molecule has 0 aliphatic heterocycles. The molecular weight excluding hydrogens is 194 g/mol. The molecule has 0 aromatic rings. The molecule has 2 aliphatic rings. The van der Waals surface area contributed by atoms with E-state index in [1.165, 1.54) is 44.9 Å². The Balaban J connectivity index is 2.05. The van der Waals surface area contributed by atoms with Crippen molar-refractivity contribution < 1.29 is 0 Å². The Morgan fingerprint density at radius 1 is 0.938 bits per heavy atom. The van der Waals surface area contributed by atoms with E-state index < -0.39 is 0 Å². The molecule has 1 nitrogen and oxygen atoms in total. The van der Waals surface area contributed by atoms with Crippen molar-refractivity contribution in [2.75, 3.05) is 0 Å². The largest absolute Gasteiger partial charge is 0.325 e. The molecule has 16 heavy (non-hydrogen) atoms. The third-order valence-corrected chi connectivity index (χ3v) is 5.77. The topological polar surface area (TPSA) is 26.0 Å². The summed E-state index contributed by atoms with van der Waals surface area (Å²) in [4.78, 5) is 0. The minimum Gasteiger partial charge on any atom is -0.325 e. The monoisotopic (exact) mass is 223 g/mol. The van der Waals surface area contributed by atoms with Crippen molar-refractivity contribution in [1.82, 2.24) is 0 Å². The molecule has 1 heteroatoms. The Bertz CT molecular complexity index is 238. The van der Waals surface area contributed by atoms with Crippen LogP contribution in [0.4, 0.5) is 0 Å². The van der Waals surface area contributed by atoms with Crippen molar-refractivity contribution in [1.29, 1.82) is 0 Å². The van der Waals surface area contributed by atoms with Gasteiger partial charge in [0.25, 0.3) is 0 Å². The average molecular weight is 223 g/mol. The first kappa shape index (κ1) is 12.4. The third kappa shape index (κ3) is 2.16. The number of rotatable bonds is 1. The van der Waals surface area contributed by atoms with Crippen LogP contribution in [0.2, 0.25) is 0 Å². The van der Waals surface area contributed by atoms with Crippen molar-refractivity contribution in [2.24, 2.45) is 29.4 Å². The van der Waals surface area contributed by atoms with Crippen molar-refractivity contribution in [3.05, 3.63) is 0 Å². The van der Waals surface area contributed by atoms with Gasteiger partial charge in [0.15, 0.2) is 0 Å². The summed E-state index contributed by atoms with van der Waals surface area (Å²) < 4.78 is 0. The molecular formula is C15H29N. The van der Waals surface area contributed by atoms with E-state index in [0.29, 0.717) is 0 Å². The molecule has 2 rings (SSSR count). The molecule has 94 valence electrons. The van der Waals surface area contributed by atoms with Gasteiger partial charge in [0.1, 0.15) is 0 Å². The molecule has 0 aromatic carbocycles. The van der Waals surface area contributed by atoms with Crippen LogP contribution in [0, 0.1) is 23.7 Å². The van der Waals surface area contributed by atoms with E-state index in [4.69, 9.17) is 5.73 Å². The minimum atomic E-state index is 0.173. The van der Waals surface area contributed by atoms with Crippen molar-refractivity contribution in [2.45, 2.75) is 71.3 Å². The van der Waals surface area contributed by atoms with Crippen LogP contribution in [0.1, 0.15) is 65.7 Å². The molecule has 5 unspecified atom stereocenters. The minimum absolute atomic E-state index is 0.173. The van der Waals surface area contributed by atoms with Crippen LogP contribution in [0.15, 0.2) is 0 Å². The average Bonchev–Trinajstić information content (AvgIpc) is 2.26. The lowest BCUT2D eigenvalue weighted by molar-refractivity contribution is 0.0665. The summed E-state index contributed by atoms with van der Waals surface area (Å²) in [6, 6.07) is 0. The highest BCUT2D eigenvalue weighted by Gasteiger charge is 2.43. The van der Waals surface area contributed by atoms with E-state index in [1.807, 2.05) is 0 Å². The summed E-state index contributed by atoms with van der Waals surface area (Å²) in [5.41, 5.74) is 6.96. The van der Waals surface area contributed by atoms with E-state index >= 15 is 0 Å². The quantitative estimate of drug-likeness (QED) is 0.715. The third-order valence-electron chi connectivity index (χ3n) is 5.77. The summed E-state index contributed by atoms with van der Waals surface area (Å²) in [6.45, 7) is 7.23. The van der Waals surface area contributed by atoms with Crippen molar-refractivity contribution >= 4 is 0 Å². The summed E-state index contributed by atoms with van der Waals surface area (Å²) in [5.74, 6) is 3.34. The van der Waals surface area contributed by atoms with E-state index in [9.17, 15) is 0 Å². The molecule has 5 atom stereocenters. The molecule has 2 N–H and O–H groups in total. The Labute approximate surface area is 101 Å². The lowest BCUT2D eigenvalue weighted by atomic mass is 9.60. The molecule has 0 saturated heterocycles. The van der Waals surface area contributed by atoms with Gasteiger partial charge in [-0.05, 0) is 49.4 Å². The van der Waals surface area contributed by atoms with Crippen LogP contribution in [-0.2, 0) is 0 Å². The van der Waals surface area contributed by atoms with Gasteiger partial charge in [0.05, 0.1) is 0 Å². The summed E-state index contributed by atoms with van der Waals surface area (Å²) in [7, 11) is 0. The predicted molar refractivity (Wildman–Crippen MR) is 70.2 cm³/mol. The second kappa shape index (κ2) is 4.68. The van der Waals surface area contributed by atoms with Gasteiger partial charge in [-0.2, -0.15) is 0 Å². The van der Waals surface area contributed by atoms with E-state index in [-0.39, 0.29) is 5.54 Å². The first-order chi connectivity index (χ1) is 7.54. The van der Waals surface area contributed by atoms with Crippen LogP contribution < -0.4 is 5.73 Å². The first-order valence-electron chi connectivity index (χ1n) is 7.33. The van der Waals surface area contributed by atoms with Crippen molar-refractivity contribution in [3.8, 4) is 0 Å². The van der Waals surface area contributed by atoms with Gasteiger partial charge in [-0.15, -0.1) is 0 Å². The predicted octanol–water partition coefficient (Wildman–Crippen LogP) is 3.97. The number of hydrogen-bond donors (Lipinski definition) is 1. The summed E-state index contributed by atoms with van der Waals surface area (Å²) >= 11 is 0. The number of hydrogen-bond acceptors (Lipinski definition) is 1. The summed E-state index contributed by atoms with van der Waals surface area (Å²) in [5, 5.41) is 0. The molecule has 2 saturated carbocycles. The highest BCUT2D eigenvalue weighted by Crippen LogP contribution is 2.45. The van der Waals surface area contributed by atoms with Crippen LogP contribution in [-0.4, -0.2) is 5.54 Å². The molecule has 2 fully saturated rings. The standard InChI is InChI=1S/C15H29N/c1-11-7-8-14(10-12(11)2)15(16)9-5-4-6-13(15)3/h11-14H,4-10,16H2,1-3H3. The zero-order valence-corrected chi connectivity index (χ0v) is 11.3.